The Morgan fingerprint density at radius 3 is 2.36 bits per heavy atom. The predicted molar refractivity (Wildman–Crippen MR) is 100 cm³/mol. The maximum absolute atomic E-state index is 6.78. The number of hydrogen-bond donors (Lipinski definition) is 1. The molecular weight excluding hydrogens is 306 g/mol. The van der Waals surface area contributed by atoms with Gasteiger partial charge in [0.1, 0.15) is 5.72 Å². The van der Waals surface area contributed by atoms with Gasteiger partial charge in [-0.2, -0.15) is 0 Å². The maximum Gasteiger partial charge on any atom is 0.119 e. The summed E-state index contributed by atoms with van der Waals surface area (Å²) in [6, 6.07) is 0. The second-order valence-electron chi connectivity index (χ2n) is 10.7. The van der Waals surface area contributed by atoms with Crippen LogP contribution in [0.25, 0.3) is 0 Å². The summed E-state index contributed by atoms with van der Waals surface area (Å²) in [6.07, 6.45) is 19.8. The van der Waals surface area contributed by atoms with E-state index in [0.717, 1.165) is 41.4 Å². The standard InChI is InChI=1S/C23H37NO/c1-2-6-16-15(5-1)7-8-18-17(16)9-10-19-20(18)13-22-21(19)14-23(25-22)11-3-4-12-24-23/h15-22,24H,1-14H2/t15?,16-,17?,18?,19?,20?,21?,22?,23-/m1/s1. The molecular formula is C23H37NO. The van der Waals surface area contributed by atoms with E-state index in [9.17, 15) is 0 Å². The molecule has 1 N–H and O–H groups in total. The van der Waals surface area contributed by atoms with Gasteiger partial charge in [-0.15, -0.1) is 0 Å². The Balaban J connectivity index is 1.20. The first kappa shape index (κ1) is 15.9. The van der Waals surface area contributed by atoms with Gasteiger partial charge < -0.3 is 4.74 Å². The number of fused-ring (bicyclic) bond motifs is 7. The highest BCUT2D eigenvalue weighted by atomic mass is 16.5. The molecule has 2 saturated heterocycles. The van der Waals surface area contributed by atoms with Crippen LogP contribution in [0.15, 0.2) is 0 Å². The van der Waals surface area contributed by atoms with Gasteiger partial charge in [-0.05, 0) is 112 Å². The quantitative estimate of drug-likeness (QED) is 0.659. The normalized spacial score (nSPS) is 57.6. The van der Waals surface area contributed by atoms with Crippen LogP contribution >= 0.6 is 0 Å². The smallest absolute Gasteiger partial charge is 0.119 e. The Morgan fingerprint density at radius 1 is 0.680 bits per heavy atom. The van der Waals surface area contributed by atoms with Crippen LogP contribution in [0.3, 0.4) is 0 Å². The van der Waals surface area contributed by atoms with Crippen molar-refractivity contribution >= 4 is 0 Å². The number of hydrogen-bond acceptors (Lipinski definition) is 2. The van der Waals surface area contributed by atoms with Crippen LogP contribution in [0.4, 0.5) is 0 Å². The molecule has 0 aromatic carbocycles. The molecule has 2 heterocycles. The Bertz CT molecular complexity index is 512. The molecule has 6 fully saturated rings. The minimum atomic E-state index is 0.0937. The van der Waals surface area contributed by atoms with Crippen molar-refractivity contribution in [3.8, 4) is 0 Å². The van der Waals surface area contributed by atoms with Crippen LogP contribution in [0.2, 0.25) is 0 Å². The van der Waals surface area contributed by atoms with Gasteiger partial charge in [0.05, 0.1) is 6.10 Å². The molecule has 6 aliphatic rings. The Labute approximate surface area is 153 Å². The van der Waals surface area contributed by atoms with Gasteiger partial charge in [0.25, 0.3) is 0 Å². The molecule has 0 bridgehead atoms. The first-order valence-electron chi connectivity index (χ1n) is 11.8. The van der Waals surface area contributed by atoms with Crippen LogP contribution in [0, 0.1) is 41.4 Å². The van der Waals surface area contributed by atoms with Crippen LogP contribution in [0.1, 0.15) is 83.5 Å². The van der Waals surface area contributed by atoms with Crippen LogP contribution < -0.4 is 5.32 Å². The zero-order valence-corrected chi connectivity index (χ0v) is 15.9. The third-order valence-corrected chi connectivity index (χ3v) is 9.80. The minimum Gasteiger partial charge on any atom is -0.357 e. The lowest BCUT2D eigenvalue weighted by Crippen LogP contribution is -2.49. The summed E-state index contributed by atoms with van der Waals surface area (Å²) in [5, 5.41) is 3.79. The van der Waals surface area contributed by atoms with E-state index in [1.54, 1.807) is 32.1 Å². The van der Waals surface area contributed by atoms with Crippen molar-refractivity contribution in [3.05, 3.63) is 0 Å². The van der Waals surface area contributed by atoms with Gasteiger partial charge in [0, 0.05) is 0 Å². The van der Waals surface area contributed by atoms with Crippen molar-refractivity contribution in [1.82, 2.24) is 5.32 Å². The fourth-order valence-corrected chi connectivity index (χ4v) is 8.92. The predicted octanol–water partition coefficient (Wildman–Crippen LogP) is 5.12. The van der Waals surface area contributed by atoms with Crippen LogP contribution in [-0.4, -0.2) is 18.4 Å². The van der Waals surface area contributed by atoms with Crippen molar-refractivity contribution in [1.29, 1.82) is 0 Å². The highest BCUT2D eigenvalue weighted by Crippen LogP contribution is 2.62. The molecule has 0 radical (unpaired) electrons. The van der Waals surface area contributed by atoms with E-state index >= 15 is 0 Å². The highest BCUT2D eigenvalue weighted by molar-refractivity contribution is 5.07. The first-order chi connectivity index (χ1) is 12.3. The zero-order chi connectivity index (χ0) is 16.4. The lowest BCUT2D eigenvalue weighted by atomic mass is 9.53. The van der Waals surface area contributed by atoms with E-state index in [0.29, 0.717) is 6.10 Å². The van der Waals surface area contributed by atoms with Gasteiger partial charge in [-0.3, -0.25) is 5.32 Å². The van der Waals surface area contributed by atoms with Crippen molar-refractivity contribution in [2.45, 2.75) is 95.3 Å². The van der Waals surface area contributed by atoms with Gasteiger partial charge in [0.15, 0.2) is 0 Å². The zero-order valence-electron chi connectivity index (χ0n) is 15.9. The molecule has 1 spiro atoms. The number of rotatable bonds is 0. The SMILES string of the molecule is C1CC[C@@]2(CC3C(CC4C3CCC3C4CCC4CCCC[C@H]43)O2)NC1. The summed E-state index contributed by atoms with van der Waals surface area (Å²) in [5.74, 6) is 7.32. The second kappa shape index (κ2) is 5.96. The van der Waals surface area contributed by atoms with E-state index in [1.165, 1.54) is 57.9 Å². The molecule has 2 aliphatic heterocycles. The van der Waals surface area contributed by atoms with Crippen LogP contribution in [-0.2, 0) is 4.74 Å². The molecule has 9 atom stereocenters. The van der Waals surface area contributed by atoms with Crippen molar-refractivity contribution in [2.75, 3.05) is 6.54 Å². The van der Waals surface area contributed by atoms with E-state index in [1.807, 2.05) is 0 Å². The summed E-state index contributed by atoms with van der Waals surface area (Å²) in [4.78, 5) is 0. The molecule has 140 valence electrons. The molecule has 7 unspecified atom stereocenters. The average Bonchev–Trinajstić information content (AvgIpc) is 3.16. The fraction of sp³-hybridized carbons (Fsp3) is 1.00. The van der Waals surface area contributed by atoms with Crippen molar-refractivity contribution in [3.63, 3.8) is 0 Å². The topological polar surface area (TPSA) is 21.3 Å². The van der Waals surface area contributed by atoms with Gasteiger partial charge in [-0.25, -0.2) is 0 Å². The average molecular weight is 344 g/mol. The molecule has 6 rings (SSSR count). The van der Waals surface area contributed by atoms with E-state index in [-0.39, 0.29) is 5.72 Å². The number of piperidine rings is 1. The second-order valence-corrected chi connectivity index (χ2v) is 10.7. The molecule has 0 amide bonds. The van der Waals surface area contributed by atoms with Gasteiger partial charge in [-0.1, -0.05) is 19.3 Å². The lowest BCUT2D eigenvalue weighted by Gasteiger charge is -2.52. The summed E-state index contributed by atoms with van der Waals surface area (Å²) >= 11 is 0. The Kier molecular flexibility index (Phi) is 3.80. The van der Waals surface area contributed by atoms with E-state index < -0.39 is 0 Å². The Hall–Kier alpha value is -0.0800. The molecule has 2 nitrogen and oxygen atoms in total. The summed E-state index contributed by atoms with van der Waals surface area (Å²) < 4.78 is 6.78. The summed E-state index contributed by atoms with van der Waals surface area (Å²) in [5.41, 5.74) is 0.0937. The number of nitrogens with one attached hydrogen (secondary N) is 1. The monoisotopic (exact) mass is 343 g/mol. The fourth-order valence-electron chi connectivity index (χ4n) is 8.92. The Morgan fingerprint density at radius 2 is 1.48 bits per heavy atom. The summed E-state index contributed by atoms with van der Waals surface area (Å²) in [7, 11) is 0. The largest absolute Gasteiger partial charge is 0.357 e. The molecule has 4 saturated carbocycles. The molecule has 0 aromatic heterocycles. The maximum atomic E-state index is 6.78. The highest BCUT2D eigenvalue weighted by Gasteiger charge is 2.59. The number of ether oxygens (including phenoxy) is 1. The van der Waals surface area contributed by atoms with Gasteiger partial charge >= 0.3 is 0 Å². The molecule has 0 aromatic rings. The first-order valence-corrected chi connectivity index (χ1v) is 11.8. The summed E-state index contributed by atoms with van der Waals surface area (Å²) in [6.45, 7) is 1.18. The molecule has 25 heavy (non-hydrogen) atoms. The lowest BCUT2D eigenvalue weighted by molar-refractivity contribution is -0.0888. The third-order valence-electron chi connectivity index (χ3n) is 9.80. The van der Waals surface area contributed by atoms with Crippen LogP contribution in [0.5, 0.6) is 0 Å². The van der Waals surface area contributed by atoms with Crippen molar-refractivity contribution < 1.29 is 4.74 Å². The molecule has 4 aliphatic carbocycles. The van der Waals surface area contributed by atoms with E-state index in [2.05, 4.69) is 5.32 Å². The molecule has 2 heteroatoms. The third kappa shape index (κ3) is 2.42. The van der Waals surface area contributed by atoms with Crippen molar-refractivity contribution in [2.24, 2.45) is 41.4 Å². The van der Waals surface area contributed by atoms with Gasteiger partial charge in [0.2, 0.25) is 0 Å². The minimum absolute atomic E-state index is 0.0937. The van der Waals surface area contributed by atoms with E-state index in [4.69, 9.17) is 4.74 Å².